The lowest BCUT2D eigenvalue weighted by Gasteiger charge is -2.11. The molecule has 3 rings (SSSR count). The number of nitrogens with zero attached hydrogens (tertiary/aromatic N) is 5. The van der Waals surface area contributed by atoms with Crippen LogP contribution in [0.3, 0.4) is 0 Å². The lowest BCUT2D eigenvalue weighted by atomic mass is 9.96. The number of thioether (sulfide) groups is 1. The average Bonchev–Trinajstić information content (AvgIpc) is 3.02. The van der Waals surface area contributed by atoms with Crippen molar-refractivity contribution in [2.45, 2.75) is 75.7 Å². The highest BCUT2D eigenvalue weighted by Crippen LogP contribution is 2.41. The molecule has 0 saturated heterocycles. The van der Waals surface area contributed by atoms with Gasteiger partial charge in [0.1, 0.15) is 5.82 Å². The van der Waals surface area contributed by atoms with Crippen molar-refractivity contribution in [1.82, 2.24) is 24.9 Å². The van der Waals surface area contributed by atoms with E-state index < -0.39 is 0 Å². The van der Waals surface area contributed by atoms with Crippen LogP contribution in [0.25, 0.3) is 0 Å². The second-order valence-corrected chi connectivity index (χ2v) is 8.13. The molecule has 7 heteroatoms. The molecule has 1 atom stereocenters. The monoisotopic (exact) mass is 321 g/mol. The Morgan fingerprint density at radius 2 is 2.05 bits per heavy atom. The Kier molecular flexibility index (Phi) is 4.01. The molecule has 22 heavy (non-hydrogen) atoms. The van der Waals surface area contributed by atoms with Gasteiger partial charge in [-0.15, -0.1) is 10.2 Å². The molecule has 0 aromatic carbocycles. The van der Waals surface area contributed by atoms with Gasteiger partial charge in [-0.1, -0.05) is 37.7 Å². The summed E-state index contributed by atoms with van der Waals surface area (Å²) in [6.45, 7) is 11.3. The van der Waals surface area contributed by atoms with E-state index in [1.54, 1.807) is 11.8 Å². The van der Waals surface area contributed by atoms with Crippen LogP contribution in [-0.4, -0.2) is 24.9 Å². The van der Waals surface area contributed by atoms with Gasteiger partial charge in [-0.3, -0.25) is 0 Å². The highest BCUT2D eigenvalue weighted by molar-refractivity contribution is 7.99. The maximum atomic E-state index is 5.43. The molecule has 2 heterocycles. The van der Waals surface area contributed by atoms with E-state index in [0.29, 0.717) is 11.8 Å². The molecule has 1 aliphatic rings. The van der Waals surface area contributed by atoms with Gasteiger partial charge in [0.2, 0.25) is 5.89 Å². The van der Waals surface area contributed by atoms with Crippen LogP contribution in [0.15, 0.2) is 9.68 Å². The average molecular weight is 321 g/mol. The molecule has 0 aliphatic heterocycles. The van der Waals surface area contributed by atoms with Crippen LogP contribution in [0.5, 0.6) is 0 Å². The van der Waals surface area contributed by atoms with E-state index in [2.05, 4.69) is 59.5 Å². The minimum atomic E-state index is -0.102. The number of hydrogen-bond acceptors (Lipinski definition) is 6. The van der Waals surface area contributed by atoms with Gasteiger partial charge in [-0.2, -0.15) is 4.98 Å². The zero-order valence-corrected chi connectivity index (χ0v) is 14.6. The maximum Gasteiger partial charge on any atom is 0.239 e. The quantitative estimate of drug-likeness (QED) is 0.782. The Bertz CT molecular complexity index is 653. The Hall–Kier alpha value is -1.37. The first kappa shape index (κ1) is 15.5. The van der Waals surface area contributed by atoms with Gasteiger partial charge in [0.15, 0.2) is 11.0 Å². The summed E-state index contributed by atoms with van der Waals surface area (Å²) >= 11 is 1.63. The standard InChI is InChI=1S/C15H23N5OS/c1-6-20-11(10-7-8-10)17-18-14(20)22-9(2)12-16-13(19-21-12)15(3,4)5/h9-10H,6-8H2,1-5H3. The molecule has 6 nitrogen and oxygen atoms in total. The first-order valence-corrected chi connectivity index (χ1v) is 8.72. The van der Waals surface area contributed by atoms with Gasteiger partial charge >= 0.3 is 0 Å². The van der Waals surface area contributed by atoms with E-state index >= 15 is 0 Å². The largest absolute Gasteiger partial charge is 0.338 e. The normalized spacial score (nSPS) is 17.0. The zero-order valence-electron chi connectivity index (χ0n) is 13.8. The van der Waals surface area contributed by atoms with Crippen molar-refractivity contribution in [1.29, 1.82) is 0 Å². The van der Waals surface area contributed by atoms with E-state index in [-0.39, 0.29) is 10.7 Å². The van der Waals surface area contributed by atoms with Gasteiger partial charge in [0, 0.05) is 17.9 Å². The van der Waals surface area contributed by atoms with E-state index in [1.165, 1.54) is 12.8 Å². The number of aromatic nitrogens is 5. The van der Waals surface area contributed by atoms with Gasteiger partial charge in [-0.25, -0.2) is 0 Å². The van der Waals surface area contributed by atoms with Crippen molar-refractivity contribution in [2.24, 2.45) is 0 Å². The molecule has 0 N–H and O–H groups in total. The van der Waals surface area contributed by atoms with Crippen molar-refractivity contribution in [2.75, 3.05) is 0 Å². The molecule has 0 spiro atoms. The summed E-state index contributed by atoms with van der Waals surface area (Å²) < 4.78 is 7.63. The van der Waals surface area contributed by atoms with Crippen LogP contribution >= 0.6 is 11.8 Å². The Balaban J connectivity index is 1.76. The molecule has 2 aromatic heterocycles. The summed E-state index contributed by atoms with van der Waals surface area (Å²) in [5, 5.41) is 13.8. The fraction of sp³-hybridized carbons (Fsp3) is 0.733. The van der Waals surface area contributed by atoms with Crippen LogP contribution in [0.2, 0.25) is 0 Å². The Morgan fingerprint density at radius 1 is 1.32 bits per heavy atom. The molecule has 120 valence electrons. The van der Waals surface area contributed by atoms with Gasteiger partial charge in [-0.05, 0) is 26.7 Å². The summed E-state index contributed by atoms with van der Waals surface area (Å²) in [6, 6.07) is 0. The van der Waals surface area contributed by atoms with E-state index in [1.807, 2.05) is 0 Å². The number of rotatable bonds is 5. The van der Waals surface area contributed by atoms with Gasteiger partial charge in [0.05, 0.1) is 5.25 Å². The predicted molar refractivity (Wildman–Crippen MR) is 84.9 cm³/mol. The molecule has 0 amide bonds. The molecule has 0 radical (unpaired) electrons. The first-order valence-electron chi connectivity index (χ1n) is 7.84. The van der Waals surface area contributed by atoms with Crippen LogP contribution in [0, 0.1) is 0 Å². The molecular weight excluding hydrogens is 298 g/mol. The van der Waals surface area contributed by atoms with Crippen LogP contribution in [-0.2, 0) is 12.0 Å². The van der Waals surface area contributed by atoms with Crippen LogP contribution < -0.4 is 0 Å². The van der Waals surface area contributed by atoms with Crippen molar-refractivity contribution >= 4 is 11.8 Å². The highest BCUT2D eigenvalue weighted by Gasteiger charge is 2.31. The van der Waals surface area contributed by atoms with E-state index in [4.69, 9.17) is 4.52 Å². The summed E-state index contributed by atoms with van der Waals surface area (Å²) in [4.78, 5) is 4.53. The third kappa shape index (κ3) is 3.04. The minimum absolute atomic E-state index is 0.0603. The first-order chi connectivity index (χ1) is 10.4. The maximum absolute atomic E-state index is 5.43. The van der Waals surface area contributed by atoms with E-state index in [9.17, 15) is 0 Å². The lowest BCUT2D eigenvalue weighted by molar-refractivity contribution is 0.364. The molecule has 0 bridgehead atoms. The molecule has 1 aliphatic carbocycles. The Labute approximate surface area is 135 Å². The smallest absolute Gasteiger partial charge is 0.239 e. The van der Waals surface area contributed by atoms with Gasteiger partial charge in [0.25, 0.3) is 0 Å². The summed E-state index contributed by atoms with van der Waals surface area (Å²) in [7, 11) is 0. The third-order valence-electron chi connectivity index (χ3n) is 3.75. The summed E-state index contributed by atoms with van der Waals surface area (Å²) in [5.74, 6) is 3.12. The van der Waals surface area contributed by atoms with E-state index in [0.717, 1.165) is 23.4 Å². The molecular formula is C15H23N5OS. The topological polar surface area (TPSA) is 69.6 Å². The summed E-state index contributed by atoms with van der Waals surface area (Å²) in [5.41, 5.74) is -0.102. The molecule has 1 unspecified atom stereocenters. The van der Waals surface area contributed by atoms with Crippen molar-refractivity contribution in [3.8, 4) is 0 Å². The second-order valence-electron chi connectivity index (χ2n) is 6.83. The summed E-state index contributed by atoms with van der Waals surface area (Å²) in [6.07, 6.45) is 2.47. The molecule has 1 fully saturated rings. The fourth-order valence-corrected chi connectivity index (χ4v) is 3.19. The second kappa shape index (κ2) is 5.68. The predicted octanol–water partition coefficient (Wildman–Crippen LogP) is 3.71. The fourth-order valence-electron chi connectivity index (χ4n) is 2.24. The zero-order chi connectivity index (χ0) is 15.9. The minimum Gasteiger partial charge on any atom is -0.338 e. The van der Waals surface area contributed by atoms with Crippen molar-refractivity contribution in [3.05, 3.63) is 17.5 Å². The van der Waals surface area contributed by atoms with Gasteiger partial charge < -0.3 is 9.09 Å². The molecule has 1 saturated carbocycles. The lowest BCUT2D eigenvalue weighted by Crippen LogP contribution is -2.13. The van der Waals surface area contributed by atoms with Crippen molar-refractivity contribution < 1.29 is 4.52 Å². The van der Waals surface area contributed by atoms with Crippen LogP contribution in [0.1, 0.15) is 76.2 Å². The Morgan fingerprint density at radius 3 is 2.59 bits per heavy atom. The highest BCUT2D eigenvalue weighted by atomic mass is 32.2. The molecule has 2 aromatic rings. The van der Waals surface area contributed by atoms with Crippen molar-refractivity contribution in [3.63, 3.8) is 0 Å². The SMILES string of the molecule is CCn1c(SC(C)c2nc(C(C)(C)C)no2)nnc1C1CC1. The van der Waals surface area contributed by atoms with Crippen LogP contribution in [0.4, 0.5) is 0 Å². The number of hydrogen-bond donors (Lipinski definition) is 0. The third-order valence-corrected chi connectivity index (χ3v) is 4.81.